The molecule has 0 unspecified atom stereocenters. The Kier molecular flexibility index (Phi) is 4.33. The topological polar surface area (TPSA) is 107 Å². The SMILES string of the molecule is CC(C)Cc1nnc(SCc2ccc(C(=O)O)o2)n1N. The van der Waals surface area contributed by atoms with Crippen molar-refractivity contribution in [3.05, 3.63) is 29.5 Å². The van der Waals surface area contributed by atoms with Gasteiger partial charge in [0.05, 0.1) is 5.75 Å². The van der Waals surface area contributed by atoms with Gasteiger partial charge in [0.15, 0.2) is 5.82 Å². The first-order valence-electron chi connectivity index (χ1n) is 6.11. The van der Waals surface area contributed by atoms with Crippen molar-refractivity contribution in [2.45, 2.75) is 31.2 Å². The molecule has 0 saturated carbocycles. The zero-order chi connectivity index (χ0) is 14.7. The second kappa shape index (κ2) is 6.00. The van der Waals surface area contributed by atoms with Gasteiger partial charge < -0.3 is 15.4 Å². The smallest absolute Gasteiger partial charge is 0.371 e. The van der Waals surface area contributed by atoms with Crippen molar-refractivity contribution >= 4 is 17.7 Å². The van der Waals surface area contributed by atoms with E-state index in [1.54, 1.807) is 6.07 Å². The number of hydrogen-bond donors (Lipinski definition) is 2. The van der Waals surface area contributed by atoms with Crippen LogP contribution in [-0.2, 0) is 12.2 Å². The number of aromatic carboxylic acids is 1. The summed E-state index contributed by atoms with van der Waals surface area (Å²) >= 11 is 1.35. The number of carbonyl (C=O) groups is 1. The Hall–Kier alpha value is -1.96. The van der Waals surface area contributed by atoms with Crippen LogP contribution in [0.25, 0.3) is 0 Å². The van der Waals surface area contributed by atoms with Gasteiger partial charge in [-0.2, -0.15) is 0 Å². The van der Waals surface area contributed by atoms with Gasteiger partial charge in [0.2, 0.25) is 10.9 Å². The molecule has 2 rings (SSSR count). The summed E-state index contributed by atoms with van der Waals surface area (Å²) in [4.78, 5) is 10.7. The Labute approximate surface area is 120 Å². The maximum Gasteiger partial charge on any atom is 0.371 e. The largest absolute Gasteiger partial charge is 0.475 e. The Balaban J connectivity index is 2.00. The predicted molar refractivity (Wildman–Crippen MR) is 73.9 cm³/mol. The highest BCUT2D eigenvalue weighted by Crippen LogP contribution is 2.22. The highest BCUT2D eigenvalue weighted by Gasteiger charge is 2.13. The lowest BCUT2D eigenvalue weighted by molar-refractivity contribution is 0.0661. The molecule has 0 aliphatic rings. The minimum atomic E-state index is -1.08. The summed E-state index contributed by atoms with van der Waals surface area (Å²) in [6.07, 6.45) is 0.758. The van der Waals surface area contributed by atoms with Crippen LogP contribution in [0, 0.1) is 5.92 Å². The van der Waals surface area contributed by atoms with Gasteiger partial charge in [-0.15, -0.1) is 10.2 Å². The minimum Gasteiger partial charge on any atom is -0.475 e. The van der Waals surface area contributed by atoms with Crippen molar-refractivity contribution < 1.29 is 14.3 Å². The number of furan rings is 1. The molecule has 0 aliphatic carbocycles. The fourth-order valence-electron chi connectivity index (χ4n) is 1.62. The van der Waals surface area contributed by atoms with Crippen LogP contribution in [0.2, 0.25) is 0 Å². The van der Waals surface area contributed by atoms with Gasteiger partial charge in [-0.25, -0.2) is 9.47 Å². The van der Waals surface area contributed by atoms with E-state index in [9.17, 15) is 4.79 Å². The molecular weight excluding hydrogens is 280 g/mol. The third-order valence-electron chi connectivity index (χ3n) is 2.54. The van der Waals surface area contributed by atoms with Gasteiger partial charge in [0, 0.05) is 6.42 Å². The van der Waals surface area contributed by atoms with Crippen LogP contribution in [-0.4, -0.2) is 25.9 Å². The fraction of sp³-hybridized carbons (Fsp3) is 0.417. The molecule has 0 spiro atoms. The van der Waals surface area contributed by atoms with E-state index >= 15 is 0 Å². The van der Waals surface area contributed by atoms with Gasteiger partial charge in [0.1, 0.15) is 5.76 Å². The molecule has 0 amide bonds. The zero-order valence-corrected chi connectivity index (χ0v) is 12.1. The molecule has 0 saturated heterocycles. The summed E-state index contributed by atoms with van der Waals surface area (Å²) in [7, 11) is 0. The van der Waals surface area contributed by atoms with Gasteiger partial charge in [-0.3, -0.25) is 0 Å². The first-order chi connectivity index (χ1) is 9.47. The molecule has 2 aromatic rings. The standard InChI is InChI=1S/C12H16N4O3S/c1-7(2)5-10-14-15-12(16(10)13)20-6-8-3-4-9(19-8)11(17)18/h3-4,7H,5-6,13H2,1-2H3,(H,17,18). The number of thioether (sulfide) groups is 1. The minimum absolute atomic E-state index is 0.0738. The summed E-state index contributed by atoms with van der Waals surface area (Å²) in [5.74, 6) is 6.94. The molecule has 7 nitrogen and oxygen atoms in total. The number of aromatic nitrogens is 3. The van der Waals surface area contributed by atoms with E-state index < -0.39 is 5.97 Å². The molecule has 3 N–H and O–H groups in total. The van der Waals surface area contributed by atoms with Gasteiger partial charge in [0.25, 0.3) is 0 Å². The number of nitrogens with two attached hydrogens (primary N) is 1. The molecule has 0 fully saturated rings. The molecule has 108 valence electrons. The molecule has 0 atom stereocenters. The molecule has 8 heteroatoms. The second-order valence-corrected chi connectivity index (χ2v) is 5.67. The van der Waals surface area contributed by atoms with Crippen LogP contribution < -0.4 is 5.84 Å². The van der Waals surface area contributed by atoms with Crippen molar-refractivity contribution in [3.8, 4) is 0 Å². The maximum absolute atomic E-state index is 10.7. The van der Waals surface area contributed by atoms with Crippen LogP contribution in [0.4, 0.5) is 0 Å². The lowest BCUT2D eigenvalue weighted by Gasteiger charge is -2.04. The second-order valence-electron chi connectivity index (χ2n) is 4.73. The third-order valence-corrected chi connectivity index (χ3v) is 3.51. The fourth-order valence-corrected chi connectivity index (χ4v) is 2.39. The lowest BCUT2D eigenvalue weighted by atomic mass is 10.1. The Morgan fingerprint density at radius 1 is 1.50 bits per heavy atom. The lowest BCUT2D eigenvalue weighted by Crippen LogP contribution is -2.15. The molecule has 0 bridgehead atoms. The summed E-state index contributed by atoms with van der Waals surface area (Å²) in [6.45, 7) is 4.16. The van der Waals surface area contributed by atoms with Crippen molar-refractivity contribution in [2.24, 2.45) is 5.92 Å². The number of hydrogen-bond acceptors (Lipinski definition) is 6. The molecule has 2 aromatic heterocycles. The van der Waals surface area contributed by atoms with Crippen LogP contribution >= 0.6 is 11.8 Å². The van der Waals surface area contributed by atoms with Crippen molar-refractivity contribution in [3.63, 3.8) is 0 Å². The molecule has 20 heavy (non-hydrogen) atoms. The van der Waals surface area contributed by atoms with Crippen molar-refractivity contribution in [2.75, 3.05) is 5.84 Å². The van der Waals surface area contributed by atoms with E-state index in [1.165, 1.54) is 22.5 Å². The van der Waals surface area contributed by atoms with Crippen molar-refractivity contribution in [1.29, 1.82) is 0 Å². The molecular formula is C12H16N4O3S. The van der Waals surface area contributed by atoms with Crippen molar-refractivity contribution in [1.82, 2.24) is 14.9 Å². The Bertz CT molecular complexity index is 606. The van der Waals surface area contributed by atoms with E-state index in [0.29, 0.717) is 22.6 Å². The van der Waals surface area contributed by atoms with E-state index in [-0.39, 0.29) is 5.76 Å². The highest BCUT2D eigenvalue weighted by atomic mass is 32.2. The summed E-state index contributed by atoms with van der Waals surface area (Å²) < 4.78 is 6.62. The average Bonchev–Trinajstić information content (AvgIpc) is 2.96. The first kappa shape index (κ1) is 14.4. The summed E-state index contributed by atoms with van der Waals surface area (Å²) in [5.41, 5.74) is 0. The first-order valence-corrected chi connectivity index (χ1v) is 7.10. The van der Waals surface area contributed by atoms with Gasteiger partial charge in [-0.1, -0.05) is 25.6 Å². The van der Waals surface area contributed by atoms with E-state index in [4.69, 9.17) is 15.4 Å². The zero-order valence-electron chi connectivity index (χ0n) is 11.2. The van der Waals surface area contributed by atoms with Crippen LogP contribution in [0.3, 0.4) is 0 Å². The normalized spacial score (nSPS) is 11.2. The quantitative estimate of drug-likeness (QED) is 0.618. The molecule has 0 radical (unpaired) electrons. The van der Waals surface area contributed by atoms with Gasteiger partial charge >= 0.3 is 5.97 Å². The van der Waals surface area contributed by atoms with Crippen LogP contribution in [0.1, 0.15) is 36.0 Å². The molecule has 0 aromatic carbocycles. The third kappa shape index (κ3) is 3.32. The molecule has 0 aliphatic heterocycles. The number of nitrogens with zero attached hydrogens (tertiary/aromatic N) is 3. The predicted octanol–water partition coefficient (Wildman–Crippen LogP) is 1.77. The average molecular weight is 296 g/mol. The Morgan fingerprint density at radius 3 is 2.85 bits per heavy atom. The van der Waals surface area contributed by atoms with E-state index in [1.807, 2.05) is 0 Å². The van der Waals surface area contributed by atoms with E-state index in [2.05, 4.69) is 24.0 Å². The van der Waals surface area contributed by atoms with E-state index in [0.717, 1.165) is 12.2 Å². The maximum atomic E-state index is 10.7. The van der Waals surface area contributed by atoms with Crippen LogP contribution in [0.5, 0.6) is 0 Å². The van der Waals surface area contributed by atoms with Crippen LogP contribution in [0.15, 0.2) is 21.7 Å². The Morgan fingerprint density at radius 2 is 2.25 bits per heavy atom. The number of carboxylic acid groups (broad SMARTS) is 1. The monoisotopic (exact) mass is 296 g/mol. The molecule has 2 heterocycles. The number of nitrogen functional groups attached to an aromatic ring is 1. The summed E-state index contributed by atoms with van der Waals surface area (Å²) in [5, 5.41) is 17.4. The number of rotatable bonds is 6. The summed E-state index contributed by atoms with van der Waals surface area (Å²) in [6, 6.07) is 3.05. The number of carboxylic acids is 1. The van der Waals surface area contributed by atoms with Gasteiger partial charge in [-0.05, 0) is 18.1 Å². The highest BCUT2D eigenvalue weighted by molar-refractivity contribution is 7.98.